The van der Waals surface area contributed by atoms with Gasteiger partial charge in [0.2, 0.25) is 5.91 Å². The number of rotatable bonds is 6. The lowest BCUT2D eigenvalue weighted by Crippen LogP contribution is -2.63. The van der Waals surface area contributed by atoms with Crippen LogP contribution < -0.4 is 11.1 Å². The number of aliphatic hydroxyl groups excluding tert-OH is 2. The molecule has 0 spiro atoms. The van der Waals surface area contributed by atoms with Gasteiger partial charge in [-0.15, -0.1) is 0 Å². The van der Waals surface area contributed by atoms with Crippen LogP contribution in [0, 0.1) is 17.8 Å². The van der Waals surface area contributed by atoms with Gasteiger partial charge in [0.25, 0.3) is 0 Å². The van der Waals surface area contributed by atoms with Crippen LogP contribution in [0.15, 0.2) is 78.1 Å². The normalized spacial score (nSPS) is 26.8. The molecule has 3 aliphatic carbocycles. The molecular formula is C33H32N2O7. The van der Waals surface area contributed by atoms with E-state index in [9.17, 15) is 34.8 Å². The summed E-state index contributed by atoms with van der Waals surface area (Å²) in [7, 11) is 0. The average Bonchev–Trinajstić information content (AvgIpc) is 2.95. The second-order valence-electron chi connectivity index (χ2n) is 11.5. The Labute approximate surface area is 242 Å². The fourth-order valence-electron chi connectivity index (χ4n) is 6.99. The van der Waals surface area contributed by atoms with Gasteiger partial charge in [-0.2, -0.15) is 0 Å². The number of primary amides is 1. The van der Waals surface area contributed by atoms with Crippen LogP contribution in [0.1, 0.15) is 39.9 Å². The van der Waals surface area contributed by atoms with Gasteiger partial charge < -0.3 is 31.5 Å². The molecule has 0 aromatic heterocycles. The van der Waals surface area contributed by atoms with Gasteiger partial charge in [0.1, 0.15) is 17.4 Å². The van der Waals surface area contributed by atoms with Crippen LogP contribution in [0.5, 0.6) is 5.75 Å². The van der Waals surface area contributed by atoms with Crippen molar-refractivity contribution in [3.8, 4) is 16.9 Å². The number of carbonyl (C=O) groups is 3. The Hall–Kier alpha value is -4.31. The molecule has 1 fully saturated rings. The van der Waals surface area contributed by atoms with Gasteiger partial charge in [0.05, 0.1) is 11.7 Å². The maximum Gasteiger partial charge on any atom is 0.230 e. The monoisotopic (exact) mass is 568 g/mol. The molecule has 3 aromatic rings. The zero-order valence-electron chi connectivity index (χ0n) is 22.8. The smallest absolute Gasteiger partial charge is 0.230 e. The molecule has 42 heavy (non-hydrogen) atoms. The minimum Gasteiger partial charge on any atom is -0.508 e. The third-order valence-corrected chi connectivity index (χ3v) is 9.01. The first-order chi connectivity index (χ1) is 20.1. The van der Waals surface area contributed by atoms with Crippen molar-refractivity contribution in [2.75, 3.05) is 0 Å². The number of benzene rings is 3. The van der Waals surface area contributed by atoms with Crippen LogP contribution in [0.25, 0.3) is 11.1 Å². The Morgan fingerprint density at radius 3 is 2.40 bits per heavy atom. The van der Waals surface area contributed by atoms with Crippen molar-refractivity contribution in [3.05, 3.63) is 100 Å². The standard InChI is InChI=1S/C33H32N2O7/c34-32(41)28-25(37)14-21-12-20-13-23-22(19-8-4-7-18(11-19)16-35-15-17-5-2-1-3-6-17)9-10-24(36)27(23)29(38)26(20)30(39)33(21,42)31(28)40/h1-11,20-21,25,28,35-37,39,42H,12-16H2,(H2,34,41)/t20-,21+,25?,28?,33+/m1/s1. The predicted octanol–water partition coefficient (Wildman–Crippen LogP) is 2.70. The van der Waals surface area contributed by atoms with Crippen molar-refractivity contribution in [3.63, 3.8) is 0 Å². The average molecular weight is 569 g/mol. The lowest BCUT2D eigenvalue weighted by Gasteiger charge is -2.48. The largest absolute Gasteiger partial charge is 0.508 e. The maximum atomic E-state index is 13.9. The van der Waals surface area contributed by atoms with Crippen LogP contribution in [0.3, 0.4) is 0 Å². The number of hydrogen-bond acceptors (Lipinski definition) is 8. The number of phenols is 1. The zero-order chi connectivity index (χ0) is 29.8. The van der Waals surface area contributed by atoms with E-state index in [-0.39, 0.29) is 36.1 Å². The van der Waals surface area contributed by atoms with E-state index < -0.39 is 52.7 Å². The van der Waals surface area contributed by atoms with Crippen LogP contribution in [0.2, 0.25) is 0 Å². The number of amides is 1. The van der Waals surface area contributed by atoms with Crippen LogP contribution in [-0.2, 0) is 29.1 Å². The van der Waals surface area contributed by atoms with Gasteiger partial charge in [-0.1, -0.05) is 54.6 Å². The highest BCUT2D eigenvalue weighted by Gasteiger charge is 2.62. The number of allylic oxidation sites excluding steroid dienone is 1. The number of ketones is 2. The van der Waals surface area contributed by atoms with Gasteiger partial charge in [-0.25, -0.2) is 0 Å². The van der Waals surface area contributed by atoms with Gasteiger partial charge in [0.15, 0.2) is 17.2 Å². The topological polar surface area (TPSA) is 170 Å². The number of carbonyl (C=O) groups excluding carboxylic acids is 3. The number of nitrogens with two attached hydrogens (primary N) is 1. The van der Waals surface area contributed by atoms with E-state index in [1.54, 1.807) is 6.07 Å². The maximum absolute atomic E-state index is 13.9. The summed E-state index contributed by atoms with van der Waals surface area (Å²) < 4.78 is 0. The first kappa shape index (κ1) is 27.8. The molecule has 0 bridgehead atoms. The summed E-state index contributed by atoms with van der Waals surface area (Å²) in [4.78, 5) is 39.0. The molecule has 2 unspecified atom stereocenters. The Morgan fingerprint density at radius 1 is 0.952 bits per heavy atom. The molecule has 9 nitrogen and oxygen atoms in total. The van der Waals surface area contributed by atoms with Crippen molar-refractivity contribution in [2.24, 2.45) is 23.5 Å². The predicted molar refractivity (Wildman–Crippen MR) is 153 cm³/mol. The highest BCUT2D eigenvalue weighted by molar-refractivity contribution is 6.16. The van der Waals surface area contributed by atoms with E-state index in [0.717, 1.165) is 16.7 Å². The van der Waals surface area contributed by atoms with Crippen molar-refractivity contribution >= 4 is 17.5 Å². The third-order valence-electron chi connectivity index (χ3n) is 9.01. The summed E-state index contributed by atoms with van der Waals surface area (Å²) >= 11 is 0. The second kappa shape index (κ2) is 10.5. The minimum absolute atomic E-state index is 0.00898. The molecule has 5 atom stereocenters. The summed E-state index contributed by atoms with van der Waals surface area (Å²) in [5.41, 5.74) is 7.08. The summed E-state index contributed by atoms with van der Waals surface area (Å²) in [5, 5.41) is 47.4. The molecule has 216 valence electrons. The van der Waals surface area contributed by atoms with E-state index >= 15 is 0 Å². The molecule has 6 rings (SSSR count). The van der Waals surface area contributed by atoms with Crippen LogP contribution in [0.4, 0.5) is 0 Å². The van der Waals surface area contributed by atoms with E-state index in [1.165, 1.54) is 11.6 Å². The Kier molecular flexibility index (Phi) is 6.97. The Bertz CT molecular complexity index is 1630. The number of fused-ring (bicyclic) bond motifs is 3. The number of Topliss-reactive ketones (excluding diaryl/α,β-unsaturated/α-hetero) is 2. The molecule has 1 saturated carbocycles. The van der Waals surface area contributed by atoms with Crippen LogP contribution in [-0.4, -0.2) is 49.6 Å². The quantitative estimate of drug-likeness (QED) is 0.247. The molecule has 9 heteroatoms. The number of aromatic hydroxyl groups is 1. The zero-order valence-corrected chi connectivity index (χ0v) is 22.8. The van der Waals surface area contributed by atoms with Gasteiger partial charge >= 0.3 is 0 Å². The van der Waals surface area contributed by atoms with Gasteiger partial charge in [0, 0.05) is 24.6 Å². The molecule has 0 aliphatic heterocycles. The molecule has 0 radical (unpaired) electrons. The molecule has 0 heterocycles. The van der Waals surface area contributed by atoms with E-state index in [2.05, 4.69) is 17.4 Å². The minimum atomic E-state index is -2.52. The first-order valence-corrected chi connectivity index (χ1v) is 14.0. The first-order valence-electron chi connectivity index (χ1n) is 14.0. The summed E-state index contributed by atoms with van der Waals surface area (Å²) in [6.45, 7) is 1.33. The molecular weight excluding hydrogens is 536 g/mol. The molecule has 7 N–H and O–H groups in total. The fraction of sp³-hybridized carbons (Fsp3) is 0.303. The van der Waals surface area contributed by atoms with Crippen molar-refractivity contribution in [2.45, 2.75) is 44.1 Å². The highest BCUT2D eigenvalue weighted by atomic mass is 16.3. The molecule has 1 amide bonds. The highest BCUT2D eigenvalue weighted by Crippen LogP contribution is 2.52. The van der Waals surface area contributed by atoms with Crippen molar-refractivity contribution in [1.82, 2.24) is 5.32 Å². The lowest BCUT2D eigenvalue weighted by molar-refractivity contribution is -0.167. The SMILES string of the molecule is NC(=O)C1C(=O)[C@@]2(O)C(O)=C3C(=O)c4c(O)ccc(-c5cccc(CNCc6ccccc6)c5)c4C[C@H]3C[C@H]2CC1O. The molecule has 3 aliphatic rings. The number of aliphatic hydroxyl groups is 3. The van der Waals surface area contributed by atoms with E-state index in [4.69, 9.17) is 5.73 Å². The van der Waals surface area contributed by atoms with Gasteiger partial charge in [-0.3, -0.25) is 14.4 Å². The van der Waals surface area contributed by atoms with Crippen LogP contribution >= 0.6 is 0 Å². The summed E-state index contributed by atoms with van der Waals surface area (Å²) in [6, 6.07) is 21.1. The Morgan fingerprint density at radius 2 is 1.67 bits per heavy atom. The second-order valence-corrected chi connectivity index (χ2v) is 11.5. The lowest BCUT2D eigenvalue weighted by atomic mass is 9.57. The van der Waals surface area contributed by atoms with Crippen molar-refractivity contribution in [1.29, 1.82) is 0 Å². The number of hydrogen-bond donors (Lipinski definition) is 6. The Balaban J connectivity index is 1.35. The molecule has 3 aromatic carbocycles. The number of phenolic OH excluding ortho intramolecular Hbond substituents is 1. The van der Waals surface area contributed by atoms with E-state index in [1.807, 2.05) is 42.5 Å². The van der Waals surface area contributed by atoms with Crippen molar-refractivity contribution < 1.29 is 34.8 Å². The summed E-state index contributed by atoms with van der Waals surface area (Å²) in [5.74, 6) is -7.19. The third kappa shape index (κ3) is 4.41. The fourth-order valence-corrected chi connectivity index (χ4v) is 6.99. The molecule has 0 saturated heterocycles. The summed E-state index contributed by atoms with van der Waals surface area (Å²) in [6.07, 6.45) is -1.17. The van der Waals surface area contributed by atoms with Gasteiger partial charge in [-0.05, 0) is 65.1 Å². The number of nitrogens with one attached hydrogen (secondary N) is 1. The van der Waals surface area contributed by atoms with E-state index in [0.29, 0.717) is 18.7 Å².